The number of aryl methyl sites for hydroxylation is 1. The first-order valence-electron chi connectivity index (χ1n) is 11.3. The molecule has 196 valence electrons. The molecule has 0 N–H and O–H groups in total. The van der Waals surface area contributed by atoms with E-state index in [9.17, 15) is 35.2 Å². The van der Waals surface area contributed by atoms with Gasteiger partial charge in [-0.1, -0.05) is 6.07 Å². The summed E-state index contributed by atoms with van der Waals surface area (Å²) in [6.45, 7) is 0.455. The van der Waals surface area contributed by atoms with Crippen LogP contribution in [0.25, 0.3) is 11.3 Å². The molecule has 6 nitrogen and oxygen atoms in total. The maximum atomic E-state index is 14.7. The number of ketones is 1. The standard InChI is InChI=1S/C25H22F5N3O3S/c1-25(29,30)23-14-31-21(13-32-23)18-12-15(2-8-19(18)27)3-9-22(34)24-20(28)10-11-33(24)37(35,36)17-6-4-16(26)5-7-17/h2,4-8,12-14,20,24H,3,9-11H2,1H3/t20-,24-/m0/s1. The summed E-state index contributed by atoms with van der Waals surface area (Å²) in [5.74, 6) is -5.19. The molecule has 0 spiro atoms. The average molecular weight is 540 g/mol. The second kappa shape index (κ2) is 10.3. The summed E-state index contributed by atoms with van der Waals surface area (Å²) >= 11 is 0. The molecule has 1 saturated heterocycles. The average Bonchev–Trinajstić information content (AvgIpc) is 3.25. The van der Waals surface area contributed by atoms with Gasteiger partial charge in [-0.3, -0.25) is 14.8 Å². The van der Waals surface area contributed by atoms with Gasteiger partial charge in [-0.05, 0) is 54.8 Å². The molecule has 0 amide bonds. The highest BCUT2D eigenvalue weighted by Crippen LogP contribution is 2.31. The van der Waals surface area contributed by atoms with E-state index in [0.29, 0.717) is 12.5 Å². The van der Waals surface area contributed by atoms with Crippen LogP contribution in [0.15, 0.2) is 59.8 Å². The molecule has 4 rings (SSSR count). The number of hydrogen-bond donors (Lipinski definition) is 0. The van der Waals surface area contributed by atoms with Crippen molar-refractivity contribution in [2.45, 2.75) is 49.2 Å². The highest BCUT2D eigenvalue weighted by Gasteiger charge is 2.45. The van der Waals surface area contributed by atoms with Gasteiger partial charge in [-0.25, -0.2) is 21.6 Å². The Morgan fingerprint density at radius 1 is 1.08 bits per heavy atom. The lowest BCUT2D eigenvalue weighted by Crippen LogP contribution is -2.44. The molecule has 1 aliphatic rings. The van der Waals surface area contributed by atoms with Gasteiger partial charge in [0, 0.05) is 25.5 Å². The molecule has 1 fully saturated rings. The number of aromatic nitrogens is 2. The van der Waals surface area contributed by atoms with E-state index < -0.39 is 51.3 Å². The van der Waals surface area contributed by atoms with Crippen LogP contribution in [-0.4, -0.2) is 47.2 Å². The van der Waals surface area contributed by atoms with Gasteiger partial charge >= 0.3 is 0 Å². The van der Waals surface area contributed by atoms with Crippen LogP contribution in [0, 0.1) is 11.6 Å². The van der Waals surface area contributed by atoms with Crippen molar-refractivity contribution in [1.82, 2.24) is 14.3 Å². The smallest absolute Gasteiger partial charge is 0.288 e. The summed E-state index contributed by atoms with van der Waals surface area (Å²) in [5.41, 5.74) is -0.114. The number of carbonyl (C=O) groups is 1. The first kappa shape index (κ1) is 26.8. The molecule has 2 atom stereocenters. The Balaban J connectivity index is 1.50. The maximum Gasteiger partial charge on any atom is 0.288 e. The highest BCUT2D eigenvalue weighted by molar-refractivity contribution is 7.89. The minimum absolute atomic E-state index is 0.00913. The predicted molar refractivity (Wildman–Crippen MR) is 124 cm³/mol. The molecule has 3 aromatic rings. The Labute approximate surface area is 210 Å². The third-order valence-corrected chi connectivity index (χ3v) is 7.99. The van der Waals surface area contributed by atoms with E-state index in [0.717, 1.165) is 47.0 Å². The van der Waals surface area contributed by atoms with Crippen LogP contribution in [0.2, 0.25) is 0 Å². The van der Waals surface area contributed by atoms with Gasteiger partial charge in [-0.2, -0.15) is 13.1 Å². The molecule has 0 unspecified atom stereocenters. The SMILES string of the molecule is CC(F)(F)c1cnc(-c2cc(CCC(=O)[C@@H]3[C@@H](F)CCN3S(=O)(=O)c3ccc(F)cc3)ccc2F)cn1. The van der Waals surface area contributed by atoms with Crippen molar-refractivity contribution in [3.63, 3.8) is 0 Å². The molecule has 0 aliphatic carbocycles. The Kier molecular flexibility index (Phi) is 7.43. The minimum atomic E-state index is -4.24. The fourth-order valence-electron chi connectivity index (χ4n) is 4.14. The predicted octanol–water partition coefficient (Wildman–Crippen LogP) is 4.84. The summed E-state index contributed by atoms with van der Waals surface area (Å²) in [5, 5.41) is 0. The van der Waals surface area contributed by atoms with Crippen LogP contribution in [0.5, 0.6) is 0 Å². The third kappa shape index (κ3) is 5.69. The van der Waals surface area contributed by atoms with Gasteiger partial charge in [0.1, 0.15) is 29.5 Å². The third-order valence-electron chi connectivity index (χ3n) is 6.10. The van der Waals surface area contributed by atoms with E-state index in [1.807, 2.05) is 0 Å². The lowest BCUT2D eigenvalue weighted by atomic mass is 9.99. The van der Waals surface area contributed by atoms with Crippen LogP contribution in [0.1, 0.15) is 31.0 Å². The highest BCUT2D eigenvalue weighted by atomic mass is 32.2. The number of sulfonamides is 1. The van der Waals surface area contributed by atoms with Gasteiger partial charge in [0.2, 0.25) is 10.0 Å². The molecule has 1 aromatic heterocycles. The van der Waals surface area contributed by atoms with E-state index in [1.54, 1.807) is 0 Å². The fourth-order valence-corrected chi connectivity index (χ4v) is 5.78. The molecule has 12 heteroatoms. The molecular formula is C25H22F5N3O3S. The van der Waals surface area contributed by atoms with Crippen molar-refractivity contribution < 1.29 is 35.2 Å². The molecule has 0 bridgehead atoms. The van der Waals surface area contributed by atoms with E-state index >= 15 is 0 Å². The maximum absolute atomic E-state index is 14.7. The summed E-state index contributed by atoms with van der Waals surface area (Å²) in [6, 6.07) is 6.40. The van der Waals surface area contributed by atoms with Gasteiger partial charge in [0.25, 0.3) is 5.92 Å². The molecule has 0 radical (unpaired) electrons. The number of Topliss-reactive ketones (excluding diaryl/α,β-unsaturated/α-hetero) is 1. The summed E-state index contributed by atoms with van der Waals surface area (Å²) in [4.78, 5) is 20.2. The second-order valence-corrected chi connectivity index (χ2v) is 10.7. The van der Waals surface area contributed by atoms with Crippen molar-refractivity contribution in [2.75, 3.05) is 6.54 Å². The number of carbonyl (C=O) groups excluding carboxylic acids is 1. The van der Waals surface area contributed by atoms with E-state index in [4.69, 9.17) is 0 Å². The summed E-state index contributed by atoms with van der Waals surface area (Å²) in [7, 11) is -4.24. The number of nitrogens with zero attached hydrogens (tertiary/aromatic N) is 3. The van der Waals surface area contributed by atoms with Crippen molar-refractivity contribution in [1.29, 1.82) is 0 Å². The normalized spacial score (nSPS) is 18.8. The second-order valence-electron chi connectivity index (χ2n) is 8.77. The summed E-state index contributed by atoms with van der Waals surface area (Å²) in [6.07, 6.45) is -0.204. The molecule has 0 saturated carbocycles. The monoisotopic (exact) mass is 539 g/mol. The van der Waals surface area contributed by atoms with Gasteiger partial charge in [0.15, 0.2) is 5.78 Å². The van der Waals surface area contributed by atoms with Gasteiger partial charge in [-0.15, -0.1) is 0 Å². The molecule has 37 heavy (non-hydrogen) atoms. The van der Waals surface area contributed by atoms with Crippen LogP contribution in [0.4, 0.5) is 22.0 Å². The quantitative estimate of drug-likeness (QED) is 0.383. The number of benzene rings is 2. The Hall–Kier alpha value is -3.25. The van der Waals surface area contributed by atoms with Crippen molar-refractivity contribution >= 4 is 15.8 Å². The van der Waals surface area contributed by atoms with Crippen LogP contribution >= 0.6 is 0 Å². The van der Waals surface area contributed by atoms with Crippen molar-refractivity contribution in [3.05, 3.63) is 77.8 Å². The van der Waals surface area contributed by atoms with Crippen LogP contribution < -0.4 is 0 Å². The molecule has 1 aliphatic heterocycles. The number of alkyl halides is 3. The molecule has 2 heterocycles. The summed E-state index contributed by atoms with van der Waals surface area (Å²) < 4.78 is 95.9. The minimum Gasteiger partial charge on any atom is -0.298 e. The molecule has 2 aromatic carbocycles. The van der Waals surface area contributed by atoms with Gasteiger partial charge in [0.05, 0.1) is 23.0 Å². The zero-order valence-electron chi connectivity index (χ0n) is 19.5. The first-order chi connectivity index (χ1) is 17.4. The van der Waals surface area contributed by atoms with Crippen LogP contribution in [-0.2, 0) is 27.2 Å². The van der Waals surface area contributed by atoms with E-state index in [-0.39, 0.29) is 42.0 Å². The number of halogens is 5. The van der Waals surface area contributed by atoms with Gasteiger partial charge < -0.3 is 0 Å². The van der Waals surface area contributed by atoms with Crippen molar-refractivity contribution in [2.24, 2.45) is 0 Å². The molecular weight excluding hydrogens is 517 g/mol. The lowest BCUT2D eigenvalue weighted by Gasteiger charge is -2.24. The topological polar surface area (TPSA) is 80.2 Å². The Morgan fingerprint density at radius 2 is 1.78 bits per heavy atom. The van der Waals surface area contributed by atoms with Crippen LogP contribution in [0.3, 0.4) is 0 Å². The number of hydrogen-bond acceptors (Lipinski definition) is 5. The number of rotatable bonds is 8. The largest absolute Gasteiger partial charge is 0.298 e. The zero-order valence-corrected chi connectivity index (χ0v) is 20.4. The van der Waals surface area contributed by atoms with Crippen molar-refractivity contribution in [3.8, 4) is 11.3 Å². The Bertz CT molecular complexity index is 1390. The lowest BCUT2D eigenvalue weighted by molar-refractivity contribution is -0.123. The Morgan fingerprint density at radius 3 is 2.41 bits per heavy atom. The zero-order chi connectivity index (χ0) is 27.0. The van der Waals surface area contributed by atoms with E-state index in [1.165, 1.54) is 12.1 Å². The first-order valence-corrected chi connectivity index (χ1v) is 12.8. The van der Waals surface area contributed by atoms with E-state index in [2.05, 4.69) is 9.97 Å². The fraction of sp³-hybridized carbons (Fsp3) is 0.320.